The number of hydrazone groups is 1. The first-order valence-corrected chi connectivity index (χ1v) is 6.61. The average Bonchev–Trinajstić information content (AvgIpc) is 2.48. The predicted octanol–water partition coefficient (Wildman–Crippen LogP) is 2.33. The largest absolute Gasteiger partial charge is 0.504 e. The lowest BCUT2D eigenvalue weighted by Gasteiger charge is -2.03. The van der Waals surface area contributed by atoms with Gasteiger partial charge in [-0.25, -0.2) is 5.43 Å². The number of hydrogen-bond donors (Lipinski definition) is 4. The molecule has 2 aromatic rings. The van der Waals surface area contributed by atoms with Crippen molar-refractivity contribution in [3.05, 3.63) is 52.0 Å². The maximum Gasteiger partial charge on any atom is 0.271 e. The second-order valence-corrected chi connectivity index (χ2v) is 4.99. The zero-order valence-corrected chi connectivity index (χ0v) is 12.2. The summed E-state index contributed by atoms with van der Waals surface area (Å²) in [4.78, 5) is 11.8. The lowest BCUT2D eigenvalue weighted by molar-refractivity contribution is 0.0955. The molecule has 0 spiro atoms. The van der Waals surface area contributed by atoms with Gasteiger partial charge in [-0.05, 0) is 36.4 Å². The van der Waals surface area contributed by atoms with E-state index in [-0.39, 0.29) is 5.56 Å². The molecule has 0 atom stereocenters. The fourth-order valence-corrected chi connectivity index (χ4v) is 1.78. The van der Waals surface area contributed by atoms with E-state index in [0.29, 0.717) is 5.56 Å². The minimum Gasteiger partial charge on any atom is -0.504 e. The van der Waals surface area contributed by atoms with Crippen LogP contribution in [0.5, 0.6) is 17.2 Å². The first-order chi connectivity index (χ1) is 9.99. The molecular weight excluding hydrogens is 340 g/mol. The van der Waals surface area contributed by atoms with Gasteiger partial charge in [-0.2, -0.15) is 5.10 Å². The zero-order valence-electron chi connectivity index (χ0n) is 10.6. The maximum absolute atomic E-state index is 11.8. The Kier molecular flexibility index (Phi) is 4.44. The summed E-state index contributed by atoms with van der Waals surface area (Å²) in [7, 11) is 0. The Hall–Kier alpha value is -2.54. The van der Waals surface area contributed by atoms with Gasteiger partial charge in [0, 0.05) is 15.6 Å². The van der Waals surface area contributed by atoms with Crippen molar-refractivity contribution in [1.29, 1.82) is 0 Å². The molecule has 0 aromatic heterocycles. The minimum absolute atomic E-state index is 0.154. The molecule has 0 aliphatic carbocycles. The molecule has 21 heavy (non-hydrogen) atoms. The van der Waals surface area contributed by atoms with Crippen molar-refractivity contribution in [3.8, 4) is 17.2 Å². The Bertz CT molecular complexity index is 699. The zero-order chi connectivity index (χ0) is 15.4. The molecule has 0 aliphatic heterocycles. The summed E-state index contributed by atoms with van der Waals surface area (Å²) in [6, 6.07) is 9.25. The molecule has 0 bridgehead atoms. The summed E-state index contributed by atoms with van der Waals surface area (Å²) in [5.41, 5.74) is 2.87. The topological polar surface area (TPSA) is 102 Å². The summed E-state index contributed by atoms with van der Waals surface area (Å²) in [6.07, 6.45) is 1.16. The van der Waals surface area contributed by atoms with Gasteiger partial charge in [-0.15, -0.1) is 0 Å². The Morgan fingerprint density at radius 1 is 1.05 bits per heavy atom. The quantitative estimate of drug-likeness (QED) is 0.387. The lowest BCUT2D eigenvalue weighted by atomic mass is 10.2. The molecule has 2 aromatic carbocycles. The molecule has 2 rings (SSSR count). The number of phenols is 3. The van der Waals surface area contributed by atoms with Crippen molar-refractivity contribution in [2.75, 3.05) is 0 Å². The van der Waals surface area contributed by atoms with E-state index in [2.05, 4.69) is 26.5 Å². The predicted molar refractivity (Wildman–Crippen MR) is 80.6 cm³/mol. The molecule has 0 heterocycles. The normalized spacial score (nSPS) is 10.7. The highest BCUT2D eigenvalue weighted by Crippen LogP contribution is 2.36. The molecule has 1 amide bonds. The highest BCUT2D eigenvalue weighted by Gasteiger charge is 2.09. The molecule has 6 nitrogen and oxygen atoms in total. The van der Waals surface area contributed by atoms with Gasteiger partial charge in [0.15, 0.2) is 11.5 Å². The third-order valence-corrected chi connectivity index (χ3v) is 3.17. The van der Waals surface area contributed by atoms with Crippen LogP contribution in [0, 0.1) is 0 Å². The Balaban J connectivity index is 2.07. The Labute approximate surface area is 128 Å². The Morgan fingerprint density at radius 2 is 1.71 bits per heavy atom. The summed E-state index contributed by atoms with van der Waals surface area (Å²) >= 11 is 3.27. The molecule has 7 heteroatoms. The van der Waals surface area contributed by atoms with Crippen LogP contribution in [-0.4, -0.2) is 27.4 Å². The van der Waals surface area contributed by atoms with E-state index >= 15 is 0 Å². The number of amides is 1. The van der Waals surface area contributed by atoms with Gasteiger partial charge in [0.05, 0.1) is 6.21 Å². The number of phenolic OH excluding ortho intramolecular Hbond substituents is 3. The van der Waals surface area contributed by atoms with Crippen LogP contribution in [0.25, 0.3) is 0 Å². The second kappa shape index (κ2) is 6.27. The maximum atomic E-state index is 11.8. The molecule has 108 valence electrons. The van der Waals surface area contributed by atoms with Gasteiger partial charge in [0.1, 0.15) is 0 Å². The molecule has 0 saturated heterocycles. The van der Waals surface area contributed by atoms with Crippen LogP contribution in [0.2, 0.25) is 0 Å². The summed E-state index contributed by atoms with van der Waals surface area (Å²) in [5, 5.41) is 31.8. The van der Waals surface area contributed by atoms with Gasteiger partial charge in [0.2, 0.25) is 5.75 Å². The molecule has 4 N–H and O–H groups in total. The second-order valence-electron chi connectivity index (χ2n) is 4.08. The number of rotatable bonds is 3. The number of nitrogens with one attached hydrogen (secondary N) is 1. The van der Waals surface area contributed by atoms with Gasteiger partial charge < -0.3 is 15.3 Å². The number of hydrogen-bond acceptors (Lipinski definition) is 5. The first kappa shape index (κ1) is 14.9. The fourth-order valence-electron chi connectivity index (χ4n) is 1.52. The summed E-state index contributed by atoms with van der Waals surface area (Å²) in [5.74, 6) is -2.01. The minimum atomic E-state index is -0.641. The van der Waals surface area contributed by atoms with E-state index in [0.717, 1.165) is 10.7 Å². The van der Waals surface area contributed by atoms with Crippen molar-refractivity contribution in [2.24, 2.45) is 5.10 Å². The van der Waals surface area contributed by atoms with E-state index in [1.807, 2.05) is 0 Å². The van der Waals surface area contributed by atoms with E-state index in [1.165, 1.54) is 12.1 Å². The molecule has 0 aliphatic rings. The van der Waals surface area contributed by atoms with Crippen molar-refractivity contribution in [3.63, 3.8) is 0 Å². The smallest absolute Gasteiger partial charge is 0.271 e. The van der Waals surface area contributed by atoms with Crippen LogP contribution >= 0.6 is 15.9 Å². The van der Waals surface area contributed by atoms with Crippen molar-refractivity contribution in [1.82, 2.24) is 5.43 Å². The van der Waals surface area contributed by atoms with Crippen LogP contribution in [0.1, 0.15) is 15.9 Å². The van der Waals surface area contributed by atoms with Gasteiger partial charge in [-0.1, -0.05) is 15.9 Å². The third kappa shape index (κ3) is 3.51. The van der Waals surface area contributed by atoms with E-state index in [9.17, 15) is 20.1 Å². The first-order valence-electron chi connectivity index (χ1n) is 5.82. The van der Waals surface area contributed by atoms with Gasteiger partial charge >= 0.3 is 0 Å². The lowest BCUT2D eigenvalue weighted by Crippen LogP contribution is -2.17. The SMILES string of the molecule is O=C(N/N=C/c1ccc(O)c(O)c1O)c1ccc(Br)cc1. The number of nitrogens with zero attached hydrogens (tertiary/aromatic N) is 1. The highest BCUT2D eigenvalue weighted by molar-refractivity contribution is 9.10. The summed E-state index contributed by atoms with van der Waals surface area (Å²) < 4.78 is 0.854. The van der Waals surface area contributed by atoms with Crippen LogP contribution < -0.4 is 5.43 Å². The van der Waals surface area contributed by atoms with E-state index < -0.39 is 23.2 Å². The average molecular weight is 351 g/mol. The number of carbonyl (C=O) groups is 1. The summed E-state index contributed by atoms with van der Waals surface area (Å²) in [6.45, 7) is 0. The molecule has 0 radical (unpaired) electrons. The Morgan fingerprint density at radius 3 is 2.38 bits per heavy atom. The van der Waals surface area contributed by atoms with Crippen LogP contribution in [0.3, 0.4) is 0 Å². The van der Waals surface area contributed by atoms with Crippen LogP contribution in [0.4, 0.5) is 0 Å². The molecule has 0 fully saturated rings. The van der Waals surface area contributed by atoms with E-state index in [1.54, 1.807) is 24.3 Å². The van der Waals surface area contributed by atoms with E-state index in [4.69, 9.17) is 0 Å². The van der Waals surface area contributed by atoms with Gasteiger partial charge in [0.25, 0.3) is 5.91 Å². The molecular formula is C14H11BrN2O4. The highest BCUT2D eigenvalue weighted by atomic mass is 79.9. The molecule has 0 unspecified atom stereocenters. The fraction of sp³-hybridized carbons (Fsp3) is 0. The van der Waals surface area contributed by atoms with Gasteiger partial charge in [-0.3, -0.25) is 4.79 Å². The third-order valence-electron chi connectivity index (χ3n) is 2.64. The van der Waals surface area contributed by atoms with Crippen molar-refractivity contribution in [2.45, 2.75) is 0 Å². The number of aromatic hydroxyl groups is 3. The monoisotopic (exact) mass is 350 g/mol. The number of benzene rings is 2. The van der Waals surface area contributed by atoms with Crippen LogP contribution in [-0.2, 0) is 0 Å². The van der Waals surface area contributed by atoms with Crippen molar-refractivity contribution >= 4 is 28.1 Å². The number of halogens is 1. The van der Waals surface area contributed by atoms with Crippen molar-refractivity contribution < 1.29 is 20.1 Å². The number of carbonyl (C=O) groups excluding carboxylic acids is 1. The molecule has 0 saturated carbocycles. The van der Waals surface area contributed by atoms with Crippen LogP contribution in [0.15, 0.2) is 46.0 Å². The standard InChI is InChI=1S/C14H11BrN2O4/c15-10-4-1-8(2-5-10)14(21)17-16-7-9-3-6-11(18)13(20)12(9)19/h1-7,18-20H,(H,17,21)/b16-7+.